The molecule has 0 radical (unpaired) electrons. The van der Waals surface area contributed by atoms with Gasteiger partial charge in [0.1, 0.15) is 36.2 Å². The smallest absolute Gasteiger partial charge is 0.496 e. The van der Waals surface area contributed by atoms with Crippen molar-refractivity contribution in [2.75, 3.05) is 46.2 Å². The van der Waals surface area contributed by atoms with E-state index in [0.717, 1.165) is 5.56 Å². The van der Waals surface area contributed by atoms with Crippen molar-refractivity contribution in [3.63, 3.8) is 0 Å². The zero-order valence-electron chi connectivity index (χ0n) is 22.6. The number of hydrogen-bond acceptors (Lipinski definition) is 12. The van der Waals surface area contributed by atoms with Gasteiger partial charge in [-0.3, -0.25) is 9.78 Å². The number of fused-ring (bicyclic) bond motifs is 1. The van der Waals surface area contributed by atoms with Gasteiger partial charge in [0, 0.05) is 40.6 Å². The molecule has 41 heavy (non-hydrogen) atoms. The third-order valence-corrected chi connectivity index (χ3v) is 7.46. The molecule has 1 aliphatic heterocycles. The average molecular weight is 609 g/mol. The minimum Gasteiger partial charge on any atom is -0.496 e. The topological polar surface area (TPSA) is 195 Å². The van der Waals surface area contributed by atoms with Crippen molar-refractivity contribution in [1.82, 2.24) is 14.5 Å². The van der Waals surface area contributed by atoms with Gasteiger partial charge in [-0.15, -0.1) is 21.2 Å². The number of nitrogen functional groups attached to an aromatic ring is 1. The molecule has 0 bridgehead atoms. The Morgan fingerprint density at radius 1 is 1.27 bits per heavy atom. The van der Waals surface area contributed by atoms with E-state index in [2.05, 4.69) is 21.8 Å². The van der Waals surface area contributed by atoms with Gasteiger partial charge >= 0.3 is 8.25 Å². The van der Waals surface area contributed by atoms with Crippen LogP contribution < -0.4 is 31.2 Å². The van der Waals surface area contributed by atoms with E-state index in [4.69, 9.17) is 39.7 Å². The molecule has 0 spiro atoms. The van der Waals surface area contributed by atoms with Gasteiger partial charge in [-0.05, 0) is 0 Å². The second-order valence-electron chi connectivity index (χ2n) is 8.69. The predicted molar refractivity (Wildman–Crippen MR) is 152 cm³/mol. The molecule has 16 heteroatoms. The number of rotatable bonds is 12. The molecular formula is C25H31N5O9PS+. The first-order valence-electron chi connectivity index (χ1n) is 12.3. The highest BCUT2D eigenvalue weighted by Crippen LogP contribution is 2.38. The van der Waals surface area contributed by atoms with Crippen LogP contribution in [0.4, 0.5) is 5.95 Å². The summed E-state index contributed by atoms with van der Waals surface area (Å²) in [5.41, 5.74) is 12.4. The van der Waals surface area contributed by atoms with Gasteiger partial charge in [0.05, 0.1) is 50.9 Å². The lowest BCUT2D eigenvalue weighted by molar-refractivity contribution is -0.0486. The van der Waals surface area contributed by atoms with Crippen LogP contribution in [-0.2, 0) is 24.3 Å². The van der Waals surface area contributed by atoms with Crippen LogP contribution in [0.1, 0.15) is 23.8 Å². The summed E-state index contributed by atoms with van der Waals surface area (Å²) in [6.07, 6.45) is 0.114. The number of benzene rings is 1. The maximum Gasteiger partial charge on any atom is 0.694 e. The Bertz CT molecular complexity index is 1490. The molecule has 14 nitrogen and oxygen atoms in total. The summed E-state index contributed by atoms with van der Waals surface area (Å²) in [5, 5.41) is 0.247. The minimum atomic E-state index is -2.85. The van der Waals surface area contributed by atoms with Crippen LogP contribution in [0.25, 0.3) is 11.0 Å². The Kier molecular flexibility index (Phi) is 10.5. The van der Waals surface area contributed by atoms with Gasteiger partial charge in [0.15, 0.2) is 5.65 Å². The van der Waals surface area contributed by atoms with Crippen LogP contribution in [0.5, 0.6) is 17.2 Å². The molecule has 0 saturated carbocycles. The molecule has 2 unspecified atom stereocenters. The van der Waals surface area contributed by atoms with Gasteiger partial charge in [0.25, 0.3) is 5.56 Å². The Labute approximate surface area is 240 Å². The molecule has 3 heterocycles. The number of hydrogen-bond donors (Lipinski definition) is 4. The molecule has 1 saturated heterocycles. The monoisotopic (exact) mass is 608 g/mol. The van der Waals surface area contributed by atoms with Gasteiger partial charge in [0.2, 0.25) is 5.95 Å². The SMILES string of the molecule is COc1cc(OC)c(CSCO[C@H]2C[C@H](n3cc(C#CCN)c4c(=O)[nH]c(N)nc43)OC2CO[P+](=O)O)c(OC)c1. The summed E-state index contributed by atoms with van der Waals surface area (Å²) in [5.74, 6) is 8.17. The van der Waals surface area contributed by atoms with Crippen molar-refractivity contribution in [2.45, 2.75) is 30.6 Å². The maximum atomic E-state index is 12.7. The molecule has 4 rings (SSSR count). The highest BCUT2D eigenvalue weighted by molar-refractivity contribution is 7.98. The van der Waals surface area contributed by atoms with Crippen LogP contribution in [0.2, 0.25) is 0 Å². The van der Waals surface area contributed by atoms with Gasteiger partial charge in [-0.25, -0.2) is 0 Å². The molecule has 1 aromatic carbocycles. The first-order chi connectivity index (χ1) is 19.8. The number of aromatic amines is 1. The third-order valence-electron chi connectivity index (χ3n) is 6.29. The van der Waals surface area contributed by atoms with Crippen molar-refractivity contribution in [1.29, 1.82) is 0 Å². The molecule has 2 aromatic heterocycles. The summed E-state index contributed by atoms with van der Waals surface area (Å²) < 4.78 is 46.5. The number of H-pyrrole nitrogens is 1. The molecule has 3 aromatic rings. The van der Waals surface area contributed by atoms with E-state index in [1.165, 1.54) is 11.8 Å². The zero-order valence-corrected chi connectivity index (χ0v) is 24.3. The highest BCUT2D eigenvalue weighted by atomic mass is 32.2. The largest absolute Gasteiger partial charge is 0.694 e. The summed E-state index contributed by atoms with van der Waals surface area (Å²) in [7, 11) is 1.86. The number of nitrogens with two attached hydrogens (primary N) is 2. The Morgan fingerprint density at radius 2 is 2.00 bits per heavy atom. The second-order valence-corrected chi connectivity index (χ2v) is 10.4. The fraction of sp³-hybridized carbons (Fsp3) is 0.440. The molecule has 1 aliphatic rings. The molecule has 0 amide bonds. The van der Waals surface area contributed by atoms with Crippen LogP contribution in [0.3, 0.4) is 0 Å². The highest BCUT2D eigenvalue weighted by Gasteiger charge is 2.40. The van der Waals surface area contributed by atoms with Crippen LogP contribution >= 0.6 is 20.0 Å². The minimum absolute atomic E-state index is 0.0658. The van der Waals surface area contributed by atoms with E-state index in [1.54, 1.807) is 44.2 Å². The van der Waals surface area contributed by atoms with E-state index in [-0.39, 0.29) is 36.1 Å². The van der Waals surface area contributed by atoms with Crippen molar-refractivity contribution in [2.24, 2.45) is 5.73 Å². The predicted octanol–water partition coefficient (Wildman–Crippen LogP) is 1.87. The summed E-state index contributed by atoms with van der Waals surface area (Å²) in [4.78, 5) is 28.7. The average Bonchev–Trinajstić information content (AvgIpc) is 3.53. The first-order valence-corrected chi connectivity index (χ1v) is 14.6. The van der Waals surface area contributed by atoms with Crippen LogP contribution in [0.15, 0.2) is 23.1 Å². The molecule has 6 N–H and O–H groups in total. The lowest BCUT2D eigenvalue weighted by Crippen LogP contribution is -2.28. The maximum absolute atomic E-state index is 12.7. The van der Waals surface area contributed by atoms with E-state index >= 15 is 0 Å². The van der Waals surface area contributed by atoms with Gasteiger partial charge in [-0.2, -0.15) is 4.98 Å². The Morgan fingerprint density at radius 3 is 2.63 bits per heavy atom. The molecular weight excluding hydrogens is 577 g/mol. The van der Waals surface area contributed by atoms with E-state index in [0.29, 0.717) is 35.0 Å². The standard InChI is InChI=1S/C25H30N5O9PS/c1-34-15-7-17(35-2)16(18(8-15)36-3)12-41-13-37-19-9-21(39-20(19)11-38-40(32)33)30-10-14(5-4-6-26)22-23(30)28-25(27)29-24(22)31/h7-8,10,19-21H,6,9,11-13,26H2,1-3H3,(H3-,27,28,29,31,32,33)/p+1/t19-,20?,21+/m0/s1. The van der Waals surface area contributed by atoms with E-state index in [9.17, 15) is 14.3 Å². The lowest BCUT2D eigenvalue weighted by atomic mass is 10.2. The van der Waals surface area contributed by atoms with Crippen molar-refractivity contribution in [3.05, 3.63) is 39.8 Å². The number of methoxy groups -OCH3 is 3. The third kappa shape index (κ3) is 7.11. The number of nitrogens with one attached hydrogen (secondary N) is 1. The number of thioether (sulfide) groups is 1. The van der Waals surface area contributed by atoms with Crippen LogP contribution in [-0.4, -0.2) is 72.1 Å². The number of aromatic nitrogens is 3. The zero-order chi connectivity index (χ0) is 29.5. The van der Waals surface area contributed by atoms with E-state index in [1.807, 2.05) is 0 Å². The second kappa shape index (κ2) is 14.0. The molecule has 220 valence electrons. The Balaban J connectivity index is 1.53. The van der Waals surface area contributed by atoms with E-state index < -0.39 is 32.2 Å². The number of anilines is 1. The summed E-state index contributed by atoms with van der Waals surface area (Å²) >= 11 is 1.47. The Hall–Kier alpha value is -3.35. The van der Waals surface area contributed by atoms with Crippen molar-refractivity contribution < 1.29 is 37.7 Å². The normalized spacial score (nSPS) is 18.7. The van der Waals surface area contributed by atoms with Crippen molar-refractivity contribution >= 4 is 37.0 Å². The quantitative estimate of drug-likeness (QED) is 0.101. The fourth-order valence-corrected chi connectivity index (χ4v) is 5.58. The summed E-state index contributed by atoms with van der Waals surface area (Å²) in [6.45, 7) is -0.0830. The summed E-state index contributed by atoms with van der Waals surface area (Å²) in [6, 6.07) is 3.55. The van der Waals surface area contributed by atoms with Gasteiger partial charge in [-0.1, -0.05) is 11.8 Å². The molecule has 4 atom stereocenters. The van der Waals surface area contributed by atoms with Gasteiger partial charge < -0.3 is 39.7 Å². The number of ether oxygens (including phenoxy) is 5. The van der Waals surface area contributed by atoms with Crippen LogP contribution in [0, 0.1) is 11.8 Å². The van der Waals surface area contributed by atoms with Crippen molar-refractivity contribution in [3.8, 4) is 29.1 Å². The fourth-order valence-electron chi connectivity index (χ4n) is 4.47. The first kappa shape index (κ1) is 30.6. The lowest BCUT2D eigenvalue weighted by Gasteiger charge is -2.17. The number of nitrogens with zero attached hydrogens (tertiary/aromatic N) is 2. The molecule has 1 fully saturated rings. The molecule has 0 aliphatic carbocycles.